The van der Waals surface area contributed by atoms with Crippen molar-refractivity contribution in [2.75, 3.05) is 18.8 Å². The molecular weight excluding hydrogens is 348 g/mol. The molecule has 2 aliphatic rings. The van der Waals surface area contributed by atoms with Gasteiger partial charge < -0.3 is 9.47 Å². The van der Waals surface area contributed by atoms with Crippen LogP contribution in [0.3, 0.4) is 0 Å². The monoisotopic (exact) mass is 362 g/mol. The van der Waals surface area contributed by atoms with Crippen molar-refractivity contribution in [1.29, 1.82) is 0 Å². The van der Waals surface area contributed by atoms with E-state index >= 15 is 0 Å². The number of hydrogen-bond acceptors (Lipinski definition) is 6. The summed E-state index contributed by atoms with van der Waals surface area (Å²) in [5.41, 5.74) is 0.695. The largest absolute Gasteiger partial charge is 0.334 e. The molecule has 2 fully saturated rings. The third kappa shape index (κ3) is 2.44. The predicted molar refractivity (Wildman–Crippen MR) is 90.6 cm³/mol. The number of rotatable bonds is 3. The van der Waals surface area contributed by atoms with Crippen molar-refractivity contribution in [3.63, 3.8) is 0 Å². The van der Waals surface area contributed by atoms with Gasteiger partial charge >= 0.3 is 0 Å². The summed E-state index contributed by atoms with van der Waals surface area (Å²) in [6, 6.07) is 3.61. The molecule has 0 spiro atoms. The van der Waals surface area contributed by atoms with E-state index in [0.29, 0.717) is 23.7 Å². The van der Waals surface area contributed by atoms with Crippen LogP contribution in [0.2, 0.25) is 0 Å². The van der Waals surface area contributed by atoms with Crippen LogP contribution in [0.4, 0.5) is 4.79 Å². The molecule has 0 atom stereocenters. The average Bonchev–Trinajstić information content (AvgIpc) is 3.21. The van der Waals surface area contributed by atoms with Crippen molar-refractivity contribution in [1.82, 2.24) is 19.4 Å². The fourth-order valence-corrected chi connectivity index (χ4v) is 4.58. The third-order valence-corrected chi connectivity index (χ3v) is 6.10. The molecule has 24 heavy (non-hydrogen) atoms. The molecule has 0 N–H and O–H groups in total. The molecule has 4 heterocycles. The van der Waals surface area contributed by atoms with Crippen molar-refractivity contribution >= 4 is 40.2 Å². The Kier molecular flexibility index (Phi) is 3.69. The van der Waals surface area contributed by atoms with Crippen LogP contribution in [0.15, 0.2) is 24.5 Å². The fraction of sp³-hybridized carbons (Fsp3) is 0.333. The van der Waals surface area contributed by atoms with Gasteiger partial charge in [0, 0.05) is 25.5 Å². The molecule has 7 nitrogen and oxygen atoms in total. The number of thioether (sulfide) groups is 1. The number of aromatic nitrogens is 2. The molecule has 124 valence electrons. The van der Waals surface area contributed by atoms with E-state index in [-0.39, 0.29) is 28.8 Å². The van der Waals surface area contributed by atoms with Crippen LogP contribution in [0.1, 0.15) is 15.4 Å². The van der Waals surface area contributed by atoms with Crippen LogP contribution >= 0.6 is 23.1 Å². The lowest BCUT2D eigenvalue weighted by Crippen LogP contribution is -2.62. The molecule has 0 radical (unpaired) electrons. The number of carbonyl (C=O) groups excluding carboxylic acids is 3. The topological polar surface area (TPSA) is 75.5 Å². The van der Waals surface area contributed by atoms with Crippen molar-refractivity contribution in [2.45, 2.75) is 13.0 Å². The summed E-state index contributed by atoms with van der Waals surface area (Å²) in [6.07, 6.45) is 3.77. The van der Waals surface area contributed by atoms with Crippen LogP contribution in [0.5, 0.6) is 0 Å². The van der Waals surface area contributed by atoms with E-state index in [1.165, 1.54) is 16.2 Å². The molecule has 2 aromatic heterocycles. The minimum Gasteiger partial charge on any atom is -0.334 e. The molecular formula is C15H14N4O3S2. The van der Waals surface area contributed by atoms with Crippen LogP contribution in [0.25, 0.3) is 5.13 Å². The van der Waals surface area contributed by atoms with E-state index in [2.05, 4.69) is 4.98 Å². The van der Waals surface area contributed by atoms with Gasteiger partial charge in [-0.25, -0.2) is 4.98 Å². The molecule has 4 rings (SSSR count). The summed E-state index contributed by atoms with van der Waals surface area (Å²) in [6.45, 7) is 2.61. The Balaban J connectivity index is 1.46. The average molecular weight is 362 g/mol. The van der Waals surface area contributed by atoms with Gasteiger partial charge in [0.1, 0.15) is 4.88 Å². The number of carbonyl (C=O) groups is 3. The smallest absolute Gasteiger partial charge is 0.289 e. The molecule has 0 aromatic carbocycles. The zero-order valence-electron chi connectivity index (χ0n) is 12.8. The van der Waals surface area contributed by atoms with E-state index in [0.717, 1.165) is 16.9 Å². The Morgan fingerprint density at radius 3 is 2.58 bits per heavy atom. The summed E-state index contributed by atoms with van der Waals surface area (Å²) < 4.78 is 1.87. The second-order valence-corrected chi connectivity index (χ2v) is 7.59. The standard InChI is InChI=1S/C15H14N4O3S2/c1-9-12(24-14(16-9)17-4-2-3-5-17)13(21)18-6-10(7-18)19-11(20)8-23-15(19)22/h2-5,10H,6-8H2,1H3. The van der Waals surface area contributed by atoms with Gasteiger partial charge in [0.15, 0.2) is 5.13 Å². The van der Waals surface area contributed by atoms with E-state index in [9.17, 15) is 14.4 Å². The molecule has 0 aliphatic carbocycles. The lowest BCUT2D eigenvalue weighted by molar-refractivity contribution is -0.128. The second-order valence-electron chi connectivity index (χ2n) is 5.68. The highest BCUT2D eigenvalue weighted by Gasteiger charge is 2.44. The van der Waals surface area contributed by atoms with Crippen molar-refractivity contribution in [2.24, 2.45) is 0 Å². The third-order valence-electron chi connectivity index (χ3n) is 4.10. The van der Waals surface area contributed by atoms with Gasteiger partial charge in [0.2, 0.25) is 5.91 Å². The lowest BCUT2D eigenvalue weighted by Gasteiger charge is -2.42. The van der Waals surface area contributed by atoms with Crippen LogP contribution in [0, 0.1) is 6.92 Å². The first-order valence-corrected chi connectivity index (χ1v) is 9.23. The molecule has 0 saturated carbocycles. The number of aryl methyl sites for hydroxylation is 1. The van der Waals surface area contributed by atoms with Crippen molar-refractivity contribution in [3.05, 3.63) is 35.1 Å². The predicted octanol–water partition coefficient (Wildman–Crippen LogP) is 1.76. The van der Waals surface area contributed by atoms with Crippen molar-refractivity contribution in [3.8, 4) is 5.13 Å². The number of imide groups is 1. The van der Waals surface area contributed by atoms with Crippen LogP contribution in [-0.2, 0) is 4.79 Å². The number of thiazole rings is 1. The summed E-state index contributed by atoms with van der Waals surface area (Å²) in [5, 5.41) is 0.542. The van der Waals surface area contributed by atoms with Gasteiger partial charge in [-0.15, -0.1) is 0 Å². The molecule has 2 saturated heterocycles. The number of nitrogens with zero attached hydrogens (tertiary/aromatic N) is 4. The highest BCUT2D eigenvalue weighted by Crippen LogP contribution is 2.29. The number of amides is 3. The van der Waals surface area contributed by atoms with Crippen LogP contribution < -0.4 is 0 Å². The Labute approximate surface area is 146 Å². The van der Waals surface area contributed by atoms with Crippen LogP contribution in [-0.4, -0.2) is 61.3 Å². The first-order valence-electron chi connectivity index (χ1n) is 7.43. The first-order chi connectivity index (χ1) is 11.5. The Morgan fingerprint density at radius 2 is 1.96 bits per heavy atom. The Hall–Kier alpha value is -2.13. The zero-order valence-corrected chi connectivity index (χ0v) is 14.5. The zero-order chi connectivity index (χ0) is 16.8. The van der Waals surface area contributed by atoms with Gasteiger partial charge in [-0.2, -0.15) is 0 Å². The SMILES string of the molecule is Cc1nc(-n2cccc2)sc1C(=O)N1CC(N2C(=O)CSC2=O)C1. The van der Waals surface area contributed by atoms with Gasteiger partial charge in [0.05, 0.1) is 17.5 Å². The first kappa shape index (κ1) is 15.4. The number of likely N-dealkylation sites (tertiary alicyclic amines) is 1. The Bertz CT molecular complexity index is 808. The van der Waals surface area contributed by atoms with E-state index in [1.54, 1.807) is 4.90 Å². The van der Waals surface area contributed by atoms with E-state index < -0.39 is 0 Å². The molecule has 2 aromatic rings. The quantitative estimate of drug-likeness (QED) is 0.832. The second kappa shape index (κ2) is 5.75. The molecule has 3 amide bonds. The maximum atomic E-state index is 12.6. The maximum absolute atomic E-state index is 12.6. The summed E-state index contributed by atoms with van der Waals surface area (Å²) in [7, 11) is 0. The van der Waals surface area contributed by atoms with Gasteiger partial charge in [-0.05, 0) is 19.1 Å². The minimum atomic E-state index is -0.207. The van der Waals surface area contributed by atoms with E-state index in [1.807, 2.05) is 36.0 Å². The molecule has 9 heteroatoms. The molecule has 2 aliphatic heterocycles. The lowest BCUT2D eigenvalue weighted by atomic mass is 10.1. The summed E-state index contributed by atoms with van der Waals surface area (Å²) in [4.78, 5) is 44.1. The number of hydrogen-bond donors (Lipinski definition) is 0. The summed E-state index contributed by atoms with van der Waals surface area (Å²) >= 11 is 2.37. The highest BCUT2D eigenvalue weighted by molar-refractivity contribution is 8.14. The van der Waals surface area contributed by atoms with Gasteiger partial charge in [-0.1, -0.05) is 23.1 Å². The highest BCUT2D eigenvalue weighted by atomic mass is 32.2. The fourth-order valence-electron chi connectivity index (χ4n) is 2.80. The minimum absolute atomic E-state index is 0.0913. The van der Waals surface area contributed by atoms with Crippen molar-refractivity contribution < 1.29 is 14.4 Å². The normalized spacial score (nSPS) is 18.4. The summed E-state index contributed by atoms with van der Waals surface area (Å²) in [5.74, 6) is -0.0466. The van der Waals surface area contributed by atoms with E-state index in [4.69, 9.17) is 0 Å². The van der Waals surface area contributed by atoms with Gasteiger partial charge in [-0.3, -0.25) is 19.3 Å². The Morgan fingerprint density at radius 1 is 1.25 bits per heavy atom. The molecule has 0 unspecified atom stereocenters. The van der Waals surface area contributed by atoms with Gasteiger partial charge in [0.25, 0.3) is 11.1 Å². The maximum Gasteiger partial charge on any atom is 0.289 e. The molecule has 0 bridgehead atoms.